The number of carbonyl (C=O) groups is 3. The number of aliphatic hydroxyl groups is 1. The van der Waals surface area contributed by atoms with Gasteiger partial charge in [0.25, 0.3) is 5.91 Å². The van der Waals surface area contributed by atoms with Gasteiger partial charge in [-0.15, -0.1) is 11.3 Å². The van der Waals surface area contributed by atoms with Gasteiger partial charge in [-0.1, -0.05) is 51.1 Å². The van der Waals surface area contributed by atoms with E-state index in [0.717, 1.165) is 40.2 Å². The molecule has 3 heterocycles. The van der Waals surface area contributed by atoms with Crippen molar-refractivity contribution in [1.82, 2.24) is 25.8 Å². The van der Waals surface area contributed by atoms with Crippen LogP contribution in [0.2, 0.25) is 0 Å². The number of β-amino-alcohol motifs (C(OH)–C–C–N with tert-alkyl or cyclic N) is 1. The van der Waals surface area contributed by atoms with E-state index in [0.29, 0.717) is 12.1 Å². The molecule has 5 rings (SSSR count). The molecular weight excluding hydrogens is 562 g/mol. The molecule has 0 saturated carbocycles. The van der Waals surface area contributed by atoms with Gasteiger partial charge < -0.3 is 26.0 Å². The molecule has 228 valence electrons. The first-order valence-electron chi connectivity index (χ1n) is 14.8. The Kier molecular flexibility index (Phi) is 9.01. The Bertz CT molecular complexity index is 1500. The van der Waals surface area contributed by atoms with Gasteiger partial charge in [0.1, 0.15) is 12.1 Å². The number of aromatic nitrogens is 1. The third-order valence-electron chi connectivity index (χ3n) is 8.39. The van der Waals surface area contributed by atoms with E-state index in [4.69, 9.17) is 0 Å². The normalized spacial score (nSPS) is 19.8. The number of benzene rings is 2. The molecule has 2 aliphatic rings. The summed E-state index contributed by atoms with van der Waals surface area (Å²) >= 11 is 1.59. The van der Waals surface area contributed by atoms with Crippen LogP contribution < -0.4 is 16.0 Å². The zero-order chi connectivity index (χ0) is 30.9. The van der Waals surface area contributed by atoms with Crippen molar-refractivity contribution in [3.63, 3.8) is 0 Å². The number of rotatable bonds is 7. The first-order chi connectivity index (χ1) is 20.4. The lowest BCUT2D eigenvalue weighted by Crippen LogP contribution is -2.57. The summed E-state index contributed by atoms with van der Waals surface area (Å²) in [5.74, 6) is -1.05. The summed E-state index contributed by atoms with van der Waals surface area (Å²) in [6.07, 6.45) is 0.218. The Morgan fingerprint density at radius 1 is 1.09 bits per heavy atom. The first-order valence-corrected chi connectivity index (χ1v) is 15.7. The fourth-order valence-electron chi connectivity index (χ4n) is 5.85. The van der Waals surface area contributed by atoms with Crippen molar-refractivity contribution in [2.24, 2.45) is 5.41 Å². The lowest BCUT2D eigenvalue weighted by atomic mass is 9.85. The first kappa shape index (κ1) is 30.8. The molecule has 10 heteroatoms. The topological polar surface area (TPSA) is 124 Å². The van der Waals surface area contributed by atoms with E-state index in [9.17, 15) is 19.5 Å². The Labute approximate surface area is 257 Å². The third-order valence-corrected chi connectivity index (χ3v) is 9.36. The Morgan fingerprint density at radius 3 is 2.51 bits per heavy atom. The van der Waals surface area contributed by atoms with Gasteiger partial charge in [0.15, 0.2) is 0 Å². The number of aliphatic hydroxyl groups excluding tert-OH is 1. The summed E-state index contributed by atoms with van der Waals surface area (Å²) in [5, 5.41) is 19.9. The lowest BCUT2D eigenvalue weighted by Gasteiger charge is -2.35. The monoisotopic (exact) mass is 603 g/mol. The smallest absolute Gasteiger partial charge is 0.251 e. The molecule has 1 aromatic heterocycles. The molecule has 0 bridgehead atoms. The number of amides is 3. The van der Waals surface area contributed by atoms with Crippen molar-refractivity contribution in [3.8, 4) is 10.4 Å². The van der Waals surface area contributed by atoms with Gasteiger partial charge in [-0.2, -0.15) is 0 Å². The average molecular weight is 604 g/mol. The molecule has 43 heavy (non-hydrogen) atoms. The molecule has 2 aromatic carbocycles. The van der Waals surface area contributed by atoms with E-state index in [-0.39, 0.29) is 36.7 Å². The molecule has 1 fully saturated rings. The fourth-order valence-corrected chi connectivity index (χ4v) is 6.66. The molecule has 0 unspecified atom stereocenters. The number of fused-ring (bicyclic) bond motifs is 1. The number of nitrogens with zero attached hydrogens (tertiary/aromatic N) is 2. The van der Waals surface area contributed by atoms with Crippen LogP contribution in [-0.4, -0.2) is 64.0 Å². The van der Waals surface area contributed by atoms with E-state index in [1.165, 1.54) is 10.5 Å². The number of carbonyl (C=O) groups excluding carboxylic acids is 3. The van der Waals surface area contributed by atoms with Gasteiger partial charge in [0.2, 0.25) is 11.8 Å². The molecule has 3 amide bonds. The van der Waals surface area contributed by atoms with Crippen LogP contribution >= 0.6 is 11.3 Å². The van der Waals surface area contributed by atoms with E-state index < -0.39 is 23.6 Å². The molecule has 9 nitrogen and oxygen atoms in total. The Hall–Kier alpha value is -3.60. The summed E-state index contributed by atoms with van der Waals surface area (Å²) in [5.41, 5.74) is 6.96. The highest BCUT2D eigenvalue weighted by atomic mass is 32.1. The quantitative estimate of drug-likeness (QED) is 0.326. The molecule has 0 spiro atoms. The zero-order valence-corrected chi connectivity index (χ0v) is 26.3. The summed E-state index contributed by atoms with van der Waals surface area (Å²) in [6, 6.07) is 11.6. The van der Waals surface area contributed by atoms with E-state index >= 15 is 0 Å². The number of thiazole rings is 1. The number of likely N-dealkylation sites (tertiary alicyclic amines) is 1. The van der Waals surface area contributed by atoms with Gasteiger partial charge in [-0.05, 0) is 66.6 Å². The Morgan fingerprint density at radius 2 is 1.84 bits per heavy atom. The summed E-state index contributed by atoms with van der Waals surface area (Å²) in [4.78, 5) is 47.7. The molecule has 2 aliphatic heterocycles. The van der Waals surface area contributed by atoms with Crippen molar-refractivity contribution >= 4 is 29.1 Å². The van der Waals surface area contributed by atoms with Crippen LogP contribution in [0.25, 0.3) is 10.4 Å². The highest BCUT2D eigenvalue weighted by Crippen LogP contribution is 2.30. The van der Waals surface area contributed by atoms with Gasteiger partial charge in [-0.25, -0.2) is 4.98 Å². The van der Waals surface area contributed by atoms with Crippen LogP contribution in [-0.2, 0) is 22.6 Å². The highest BCUT2D eigenvalue weighted by molar-refractivity contribution is 7.13. The maximum absolute atomic E-state index is 14.0. The predicted octanol–water partition coefficient (Wildman–Crippen LogP) is 3.75. The molecule has 0 radical (unpaired) electrons. The van der Waals surface area contributed by atoms with Gasteiger partial charge in [-0.3, -0.25) is 14.4 Å². The van der Waals surface area contributed by atoms with Crippen molar-refractivity contribution in [2.75, 3.05) is 13.1 Å². The highest BCUT2D eigenvalue weighted by Gasteiger charge is 2.44. The second-order valence-electron chi connectivity index (χ2n) is 12.7. The minimum absolute atomic E-state index is 0.0289. The third kappa shape index (κ3) is 6.82. The molecular formula is C33H41N5O4S. The number of hydrogen-bond acceptors (Lipinski definition) is 7. The molecule has 4 N–H and O–H groups in total. The van der Waals surface area contributed by atoms with Crippen LogP contribution in [0.5, 0.6) is 0 Å². The number of nitrogens with one attached hydrogen (secondary N) is 3. The van der Waals surface area contributed by atoms with E-state index in [2.05, 4.69) is 20.9 Å². The molecule has 4 atom stereocenters. The minimum atomic E-state index is -0.894. The second-order valence-corrected chi connectivity index (χ2v) is 13.6. The van der Waals surface area contributed by atoms with Crippen LogP contribution in [0.3, 0.4) is 0 Å². The Balaban J connectivity index is 1.28. The van der Waals surface area contributed by atoms with Crippen LogP contribution in [0.1, 0.15) is 72.9 Å². The fraction of sp³-hybridized carbons (Fsp3) is 0.455. The zero-order valence-electron chi connectivity index (χ0n) is 25.4. The lowest BCUT2D eigenvalue weighted by molar-refractivity contribution is -0.142. The van der Waals surface area contributed by atoms with Gasteiger partial charge in [0, 0.05) is 25.1 Å². The molecule has 0 aliphatic carbocycles. The second kappa shape index (κ2) is 12.6. The van der Waals surface area contributed by atoms with Gasteiger partial charge >= 0.3 is 0 Å². The van der Waals surface area contributed by atoms with Crippen LogP contribution in [0, 0.1) is 12.3 Å². The maximum atomic E-state index is 14.0. The average Bonchev–Trinajstić information content (AvgIpc) is 3.59. The van der Waals surface area contributed by atoms with Crippen LogP contribution in [0.4, 0.5) is 0 Å². The van der Waals surface area contributed by atoms with Crippen molar-refractivity contribution in [1.29, 1.82) is 0 Å². The minimum Gasteiger partial charge on any atom is -0.391 e. The van der Waals surface area contributed by atoms with Crippen molar-refractivity contribution in [3.05, 3.63) is 75.9 Å². The van der Waals surface area contributed by atoms with Crippen LogP contribution in [0.15, 0.2) is 48.0 Å². The summed E-state index contributed by atoms with van der Waals surface area (Å²) in [6.45, 7) is 11.2. The molecule has 1 saturated heterocycles. The van der Waals surface area contributed by atoms with Crippen molar-refractivity contribution in [2.45, 2.75) is 78.2 Å². The standard InChI is InChI=1S/C33H41N5O4S/c1-19(21-6-9-23(10-7-21)28-20(2)35-18-43-28)36-31(41)27-15-26(39)17-38(27)32(42)29(33(3,4)5)37-30(40)24-11-8-22-12-13-34-16-25(22)14-24/h6-11,14,18-19,26-27,29,34,39H,12-13,15-17H2,1-5H3,(H,36,41)(H,37,40)/t19-,26+,27-,29+/m0/s1. The molecule has 3 aromatic rings. The maximum Gasteiger partial charge on any atom is 0.251 e. The van der Waals surface area contributed by atoms with Gasteiger partial charge in [0.05, 0.1) is 28.2 Å². The number of hydrogen-bond donors (Lipinski definition) is 4. The van der Waals surface area contributed by atoms with Crippen molar-refractivity contribution < 1.29 is 19.5 Å². The summed E-state index contributed by atoms with van der Waals surface area (Å²) in [7, 11) is 0. The largest absolute Gasteiger partial charge is 0.391 e. The van der Waals surface area contributed by atoms with E-state index in [1.54, 1.807) is 17.4 Å². The predicted molar refractivity (Wildman–Crippen MR) is 168 cm³/mol. The number of aryl methyl sites for hydroxylation is 1. The van der Waals surface area contributed by atoms with E-state index in [1.807, 2.05) is 76.5 Å². The summed E-state index contributed by atoms with van der Waals surface area (Å²) < 4.78 is 0. The SMILES string of the molecule is Cc1ncsc1-c1ccc([C@H](C)NC(=O)[C@@H]2C[C@@H](O)CN2C(=O)[C@@H](NC(=O)c2ccc3c(c2)CNCC3)C(C)(C)C)cc1.